The molecule has 2 aromatic carbocycles. The summed E-state index contributed by atoms with van der Waals surface area (Å²) in [5.74, 6) is 1.35. The maximum absolute atomic E-state index is 10.8. The van der Waals surface area contributed by atoms with Gasteiger partial charge < -0.3 is 9.47 Å². The Bertz CT molecular complexity index is 744. The van der Waals surface area contributed by atoms with Crippen LogP contribution in [-0.2, 0) is 0 Å². The Balaban J connectivity index is 2.26. The average Bonchev–Trinajstić information content (AvgIpc) is 2.59. The predicted molar refractivity (Wildman–Crippen MR) is 88.5 cm³/mol. The van der Waals surface area contributed by atoms with Gasteiger partial charge in [-0.05, 0) is 31.2 Å². The highest BCUT2D eigenvalue weighted by atomic mass is 16.6. The molecular weight excluding hydrogens is 298 g/mol. The summed E-state index contributed by atoms with van der Waals surface area (Å²) in [6.45, 7) is 1.81. The zero-order valence-corrected chi connectivity index (χ0v) is 13.1. The smallest absolute Gasteiger partial charge is 0.271 e. The molecule has 7 nitrogen and oxygen atoms in total. The molecule has 0 fully saturated rings. The van der Waals surface area contributed by atoms with Crippen LogP contribution in [0.1, 0.15) is 12.5 Å². The van der Waals surface area contributed by atoms with Gasteiger partial charge in [0.2, 0.25) is 0 Å². The van der Waals surface area contributed by atoms with Gasteiger partial charge in [-0.2, -0.15) is 5.10 Å². The monoisotopic (exact) mass is 315 g/mol. The highest BCUT2D eigenvalue weighted by Crippen LogP contribution is 2.25. The summed E-state index contributed by atoms with van der Waals surface area (Å²) in [7, 11) is 3.16. The van der Waals surface area contributed by atoms with Crippen molar-refractivity contribution in [1.29, 1.82) is 0 Å². The number of hydrogen-bond acceptors (Lipinski definition) is 6. The molecule has 0 unspecified atom stereocenters. The van der Waals surface area contributed by atoms with Gasteiger partial charge in [0.1, 0.15) is 11.5 Å². The van der Waals surface area contributed by atoms with E-state index in [2.05, 4.69) is 10.5 Å². The van der Waals surface area contributed by atoms with E-state index in [1.54, 1.807) is 38.5 Å². The Morgan fingerprint density at radius 3 is 2.61 bits per heavy atom. The van der Waals surface area contributed by atoms with Crippen molar-refractivity contribution < 1.29 is 14.4 Å². The third-order valence-electron chi connectivity index (χ3n) is 3.21. The molecule has 0 amide bonds. The second kappa shape index (κ2) is 7.26. The van der Waals surface area contributed by atoms with Gasteiger partial charge in [0.05, 0.1) is 30.5 Å². The summed E-state index contributed by atoms with van der Waals surface area (Å²) in [5.41, 5.74) is 4.77. The fourth-order valence-electron chi connectivity index (χ4n) is 1.99. The van der Waals surface area contributed by atoms with Crippen molar-refractivity contribution in [3.63, 3.8) is 0 Å². The van der Waals surface area contributed by atoms with Crippen LogP contribution in [0.15, 0.2) is 47.6 Å². The second-order valence-corrected chi connectivity index (χ2v) is 4.68. The number of nitrogens with one attached hydrogen (secondary N) is 1. The lowest BCUT2D eigenvalue weighted by molar-refractivity contribution is -0.384. The van der Waals surface area contributed by atoms with Crippen LogP contribution >= 0.6 is 0 Å². The van der Waals surface area contributed by atoms with Gasteiger partial charge in [-0.25, -0.2) is 0 Å². The molecule has 0 spiro atoms. The number of nitro groups is 1. The number of nitro benzene ring substituents is 1. The fraction of sp³-hybridized carbons (Fsp3) is 0.188. The molecule has 120 valence electrons. The number of hydrogen-bond donors (Lipinski definition) is 1. The van der Waals surface area contributed by atoms with Gasteiger partial charge in [-0.1, -0.05) is 6.07 Å². The topological polar surface area (TPSA) is 86.0 Å². The lowest BCUT2D eigenvalue weighted by Crippen LogP contribution is -2.03. The van der Waals surface area contributed by atoms with Gasteiger partial charge in [0.15, 0.2) is 0 Å². The zero-order valence-electron chi connectivity index (χ0n) is 13.1. The Labute approximate surface area is 133 Å². The second-order valence-electron chi connectivity index (χ2n) is 4.68. The maximum Gasteiger partial charge on any atom is 0.271 e. The van der Waals surface area contributed by atoms with E-state index in [9.17, 15) is 10.1 Å². The van der Waals surface area contributed by atoms with Gasteiger partial charge in [-0.3, -0.25) is 15.5 Å². The number of hydrazone groups is 1. The fourth-order valence-corrected chi connectivity index (χ4v) is 1.99. The lowest BCUT2D eigenvalue weighted by atomic mass is 10.1. The summed E-state index contributed by atoms with van der Waals surface area (Å²) >= 11 is 0. The van der Waals surface area contributed by atoms with E-state index in [-0.39, 0.29) is 5.69 Å². The van der Waals surface area contributed by atoms with E-state index in [1.807, 2.05) is 13.0 Å². The molecule has 23 heavy (non-hydrogen) atoms. The lowest BCUT2D eigenvalue weighted by Gasteiger charge is -2.10. The predicted octanol–water partition coefficient (Wildman–Crippen LogP) is 3.45. The number of rotatable bonds is 6. The first-order chi connectivity index (χ1) is 11.0. The van der Waals surface area contributed by atoms with Crippen molar-refractivity contribution in [1.82, 2.24) is 0 Å². The molecule has 0 radical (unpaired) electrons. The highest BCUT2D eigenvalue weighted by Gasteiger charge is 2.09. The summed E-state index contributed by atoms with van der Waals surface area (Å²) in [5, 5.41) is 15.0. The number of methoxy groups -OCH3 is 2. The Morgan fingerprint density at radius 1 is 1.17 bits per heavy atom. The Hall–Kier alpha value is -3.09. The van der Waals surface area contributed by atoms with Gasteiger partial charge in [-0.15, -0.1) is 0 Å². The van der Waals surface area contributed by atoms with E-state index in [0.29, 0.717) is 22.9 Å². The van der Waals surface area contributed by atoms with Crippen LogP contribution in [0.25, 0.3) is 0 Å². The molecule has 0 heterocycles. The molecule has 0 aliphatic carbocycles. The molecule has 2 rings (SSSR count). The number of anilines is 1. The van der Waals surface area contributed by atoms with Crippen molar-refractivity contribution >= 4 is 17.1 Å². The van der Waals surface area contributed by atoms with E-state index in [1.165, 1.54) is 12.1 Å². The first-order valence-corrected chi connectivity index (χ1v) is 6.82. The Kier molecular flexibility index (Phi) is 5.14. The highest BCUT2D eigenvalue weighted by molar-refractivity contribution is 6.01. The van der Waals surface area contributed by atoms with E-state index < -0.39 is 4.92 Å². The summed E-state index contributed by atoms with van der Waals surface area (Å²) in [6, 6.07) is 11.5. The quantitative estimate of drug-likeness (QED) is 0.501. The molecule has 1 N–H and O–H groups in total. The van der Waals surface area contributed by atoms with Gasteiger partial charge in [0, 0.05) is 17.7 Å². The maximum atomic E-state index is 10.8. The first-order valence-electron chi connectivity index (χ1n) is 6.82. The minimum Gasteiger partial charge on any atom is -0.497 e. The zero-order chi connectivity index (χ0) is 16.8. The Morgan fingerprint density at radius 2 is 1.96 bits per heavy atom. The molecule has 0 saturated heterocycles. The van der Waals surface area contributed by atoms with Crippen molar-refractivity contribution in [2.75, 3.05) is 19.6 Å². The van der Waals surface area contributed by atoms with Crippen LogP contribution in [-0.4, -0.2) is 24.9 Å². The molecule has 7 heteroatoms. The van der Waals surface area contributed by atoms with Crippen LogP contribution in [0.4, 0.5) is 11.4 Å². The van der Waals surface area contributed by atoms with Gasteiger partial charge in [0.25, 0.3) is 5.69 Å². The minimum absolute atomic E-state index is 0.00168. The molecule has 2 aromatic rings. The first kappa shape index (κ1) is 16.3. The summed E-state index contributed by atoms with van der Waals surface area (Å²) in [4.78, 5) is 10.3. The third-order valence-corrected chi connectivity index (χ3v) is 3.21. The van der Waals surface area contributed by atoms with Crippen molar-refractivity contribution in [3.8, 4) is 11.5 Å². The molecule has 0 aromatic heterocycles. The van der Waals surface area contributed by atoms with Crippen molar-refractivity contribution in [2.24, 2.45) is 5.10 Å². The summed E-state index contributed by atoms with van der Waals surface area (Å²) in [6.07, 6.45) is 0. The number of non-ortho nitro benzene ring substituents is 1. The van der Waals surface area contributed by atoms with Crippen molar-refractivity contribution in [3.05, 3.63) is 58.1 Å². The molecular formula is C16H17N3O4. The van der Waals surface area contributed by atoms with Crippen molar-refractivity contribution in [2.45, 2.75) is 6.92 Å². The average molecular weight is 315 g/mol. The van der Waals surface area contributed by atoms with Crippen LogP contribution < -0.4 is 14.9 Å². The summed E-state index contributed by atoms with van der Waals surface area (Å²) < 4.78 is 10.5. The molecule has 0 saturated carbocycles. The number of nitrogens with zero attached hydrogens (tertiary/aromatic N) is 2. The van der Waals surface area contributed by atoms with Crippen LogP contribution in [0.2, 0.25) is 0 Å². The standard InChI is InChI=1S/C16H17N3O4/c1-11(15-10-14(22-2)7-8-16(15)23-3)17-18-12-5-4-6-13(9-12)19(20)21/h4-10,18H,1-3H3/b17-11-. The molecule has 0 aliphatic heterocycles. The SMILES string of the molecule is COc1ccc(OC)c(/C(C)=N\Nc2cccc([N+](=O)[O-])c2)c1. The van der Waals surface area contributed by atoms with Gasteiger partial charge >= 0.3 is 0 Å². The molecule has 0 atom stereocenters. The molecule has 0 aliphatic rings. The number of ether oxygens (including phenoxy) is 2. The molecule has 0 bridgehead atoms. The van der Waals surface area contributed by atoms with Crippen LogP contribution in [0.3, 0.4) is 0 Å². The largest absolute Gasteiger partial charge is 0.497 e. The van der Waals surface area contributed by atoms with E-state index in [0.717, 1.165) is 5.56 Å². The number of benzene rings is 2. The van der Waals surface area contributed by atoms with Crippen LogP contribution in [0, 0.1) is 10.1 Å². The minimum atomic E-state index is -0.452. The van der Waals surface area contributed by atoms with Crippen LogP contribution in [0.5, 0.6) is 11.5 Å². The van der Waals surface area contributed by atoms with E-state index >= 15 is 0 Å². The van der Waals surface area contributed by atoms with E-state index in [4.69, 9.17) is 9.47 Å². The normalized spacial score (nSPS) is 11.0. The third kappa shape index (κ3) is 3.97.